The van der Waals surface area contributed by atoms with E-state index in [-0.39, 0.29) is 17.6 Å². The molecule has 1 aromatic rings. The molecule has 60 valence electrons. The molecule has 0 aromatic carbocycles. The van der Waals surface area contributed by atoms with Crippen molar-refractivity contribution in [3.05, 3.63) is 11.8 Å². The molecular formula is C7H10N2O2. The van der Waals surface area contributed by atoms with E-state index < -0.39 is 0 Å². The van der Waals surface area contributed by atoms with Crippen molar-refractivity contribution in [2.45, 2.75) is 26.7 Å². The fraction of sp³-hybridized carbons (Fsp3) is 0.571. The van der Waals surface area contributed by atoms with Gasteiger partial charge in [0.1, 0.15) is 0 Å². The van der Waals surface area contributed by atoms with Crippen LogP contribution < -0.4 is 0 Å². The summed E-state index contributed by atoms with van der Waals surface area (Å²) in [4.78, 5) is 10.7. The quantitative estimate of drug-likeness (QED) is 0.604. The Bertz CT molecular complexity index is 265. The van der Waals surface area contributed by atoms with Crippen molar-refractivity contribution in [3.8, 4) is 0 Å². The molecule has 0 aliphatic rings. The van der Waals surface area contributed by atoms with Gasteiger partial charge in [-0.3, -0.25) is 4.79 Å². The molecule has 4 nitrogen and oxygen atoms in total. The van der Waals surface area contributed by atoms with Gasteiger partial charge in [0.2, 0.25) is 11.7 Å². The van der Waals surface area contributed by atoms with Gasteiger partial charge in [0.05, 0.1) is 0 Å². The second-order valence-electron chi connectivity index (χ2n) is 2.66. The molecule has 1 heterocycles. The van der Waals surface area contributed by atoms with Gasteiger partial charge in [-0.15, -0.1) is 10.2 Å². The molecule has 0 atom stereocenters. The topological polar surface area (TPSA) is 56.0 Å². The highest BCUT2D eigenvalue weighted by atomic mass is 16.4. The lowest BCUT2D eigenvalue weighted by Crippen LogP contribution is -1.90. The number of nitrogens with zero attached hydrogens (tertiary/aromatic N) is 2. The Labute approximate surface area is 64.6 Å². The van der Waals surface area contributed by atoms with Crippen molar-refractivity contribution < 1.29 is 9.21 Å². The molecule has 0 bridgehead atoms. The van der Waals surface area contributed by atoms with Crippen LogP contribution in [-0.2, 0) is 0 Å². The van der Waals surface area contributed by atoms with E-state index >= 15 is 0 Å². The lowest BCUT2D eigenvalue weighted by molar-refractivity contribution is 0.0978. The van der Waals surface area contributed by atoms with Crippen LogP contribution in [0.15, 0.2) is 4.42 Å². The Morgan fingerprint density at radius 3 is 2.36 bits per heavy atom. The lowest BCUT2D eigenvalue weighted by Gasteiger charge is -1.92. The third-order valence-electron chi connectivity index (χ3n) is 1.24. The van der Waals surface area contributed by atoms with Crippen LogP contribution >= 0.6 is 0 Å². The maximum absolute atomic E-state index is 10.7. The Morgan fingerprint density at radius 1 is 1.45 bits per heavy atom. The van der Waals surface area contributed by atoms with Gasteiger partial charge in [0.15, 0.2) is 0 Å². The van der Waals surface area contributed by atoms with Crippen molar-refractivity contribution in [3.63, 3.8) is 0 Å². The minimum absolute atomic E-state index is 0.0914. The number of hydrogen-bond donors (Lipinski definition) is 0. The van der Waals surface area contributed by atoms with Gasteiger partial charge in [-0.1, -0.05) is 13.8 Å². The second-order valence-corrected chi connectivity index (χ2v) is 2.66. The molecule has 0 radical (unpaired) electrons. The van der Waals surface area contributed by atoms with Crippen LogP contribution in [-0.4, -0.2) is 16.0 Å². The molecule has 0 aliphatic heterocycles. The molecule has 0 amide bonds. The van der Waals surface area contributed by atoms with Gasteiger partial charge >= 0.3 is 0 Å². The molecule has 11 heavy (non-hydrogen) atoms. The molecule has 0 N–H and O–H groups in total. The van der Waals surface area contributed by atoms with Crippen molar-refractivity contribution >= 4 is 5.78 Å². The number of carbonyl (C=O) groups excluding carboxylic acids is 1. The smallest absolute Gasteiger partial charge is 0.283 e. The zero-order chi connectivity index (χ0) is 8.43. The van der Waals surface area contributed by atoms with Gasteiger partial charge in [0, 0.05) is 12.8 Å². The average Bonchev–Trinajstić information content (AvgIpc) is 2.33. The maximum atomic E-state index is 10.7. The summed E-state index contributed by atoms with van der Waals surface area (Å²) in [7, 11) is 0. The molecule has 1 rings (SSSR count). The maximum Gasteiger partial charge on any atom is 0.283 e. The number of rotatable bonds is 2. The number of aromatic nitrogens is 2. The molecule has 0 unspecified atom stereocenters. The SMILES string of the molecule is CC(=O)c1nnc(C(C)C)o1. The van der Waals surface area contributed by atoms with Crippen LogP contribution in [0.1, 0.15) is 43.3 Å². The third kappa shape index (κ3) is 1.63. The molecule has 0 spiro atoms. The predicted molar refractivity (Wildman–Crippen MR) is 38.4 cm³/mol. The van der Waals surface area contributed by atoms with Crippen molar-refractivity contribution in [1.29, 1.82) is 0 Å². The van der Waals surface area contributed by atoms with Crippen molar-refractivity contribution in [2.75, 3.05) is 0 Å². The highest BCUT2D eigenvalue weighted by Gasteiger charge is 2.11. The van der Waals surface area contributed by atoms with E-state index in [0.717, 1.165) is 0 Å². The van der Waals surface area contributed by atoms with Crippen LogP contribution in [0.4, 0.5) is 0 Å². The molecule has 0 saturated heterocycles. The Balaban J connectivity index is 2.90. The summed E-state index contributed by atoms with van der Waals surface area (Å²) in [6.07, 6.45) is 0. The van der Waals surface area contributed by atoms with E-state index in [9.17, 15) is 4.79 Å². The molecule has 0 fully saturated rings. The highest BCUT2D eigenvalue weighted by molar-refractivity contribution is 5.89. The summed E-state index contributed by atoms with van der Waals surface area (Å²) in [6.45, 7) is 5.26. The zero-order valence-electron chi connectivity index (χ0n) is 6.79. The Hall–Kier alpha value is -1.19. The summed E-state index contributed by atoms with van der Waals surface area (Å²) in [5.74, 6) is 0.587. The van der Waals surface area contributed by atoms with Crippen LogP contribution in [0.25, 0.3) is 0 Å². The normalized spacial score (nSPS) is 10.5. The second kappa shape index (κ2) is 2.82. The number of ketones is 1. The third-order valence-corrected chi connectivity index (χ3v) is 1.24. The van der Waals surface area contributed by atoms with Crippen molar-refractivity contribution in [2.24, 2.45) is 0 Å². The van der Waals surface area contributed by atoms with Crippen LogP contribution in [0.2, 0.25) is 0 Å². The first kappa shape index (κ1) is 7.91. The van der Waals surface area contributed by atoms with Gasteiger partial charge in [-0.05, 0) is 0 Å². The molecule has 0 saturated carbocycles. The zero-order valence-corrected chi connectivity index (χ0v) is 6.79. The van der Waals surface area contributed by atoms with Gasteiger partial charge < -0.3 is 4.42 Å². The number of carbonyl (C=O) groups is 1. The highest BCUT2D eigenvalue weighted by Crippen LogP contribution is 2.11. The Kier molecular flexibility index (Phi) is 2.03. The summed E-state index contributed by atoms with van der Waals surface area (Å²) in [5.41, 5.74) is 0. The van der Waals surface area contributed by atoms with E-state index in [1.165, 1.54) is 6.92 Å². The predicted octanol–water partition coefficient (Wildman–Crippen LogP) is 1.40. The summed E-state index contributed by atoms with van der Waals surface area (Å²) in [5, 5.41) is 7.27. The van der Waals surface area contributed by atoms with E-state index in [0.29, 0.717) is 5.89 Å². The van der Waals surface area contributed by atoms with E-state index in [1.807, 2.05) is 13.8 Å². The molecule has 4 heteroatoms. The first-order valence-corrected chi connectivity index (χ1v) is 3.45. The first-order chi connectivity index (χ1) is 5.11. The van der Waals surface area contributed by atoms with Gasteiger partial charge in [-0.25, -0.2) is 0 Å². The minimum Gasteiger partial charge on any atom is -0.418 e. The fourth-order valence-corrected chi connectivity index (χ4v) is 0.610. The van der Waals surface area contributed by atoms with Crippen LogP contribution in [0, 0.1) is 0 Å². The standard InChI is InChI=1S/C7H10N2O2/c1-4(2)6-8-9-7(11-6)5(3)10/h4H,1-3H3. The van der Waals surface area contributed by atoms with E-state index in [1.54, 1.807) is 0 Å². The van der Waals surface area contributed by atoms with E-state index in [2.05, 4.69) is 10.2 Å². The number of Topliss-reactive ketones (excluding diaryl/α,β-unsaturated/α-hetero) is 1. The lowest BCUT2D eigenvalue weighted by atomic mass is 10.2. The van der Waals surface area contributed by atoms with Crippen LogP contribution in [0.5, 0.6) is 0 Å². The van der Waals surface area contributed by atoms with Crippen molar-refractivity contribution in [1.82, 2.24) is 10.2 Å². The van der Waals surface area contributed by atoms with Crippen LogP contribution in [0.3, 0.4) is 0 Å². The Morgan fingerprint density at radius 2 is 2.09 bits per heavy atom. The first-order valence-electron chi connectivity index (χ1n) is 3.45. The summed E-state index contributed by atoms with van der Waals surface area (Å²) in [6, 6.07) is 0. The molecule has 1 aromatic heterocycles. The fourth-order valence-electron chi connectivity index (χ4n) is 0.610. The largest absolute Gasteiger partial charge is 0.418 e. The monoisotopic (exact) mass is 154 g/mol. The molecular weight excluding hydrogens is 144 g/mol. The summed E-state index contributed by atoms with van der Waals surface area (Å²) < 4.78 is 5.03. The molecule has 0 aliphatic carbocycles. The van der Waals surface area contributed by atoms with Gasteiger partial charge in [-0.2, -0.15) is 0 Å². The van der Waals surface area contributed by atoms with E-state index in [4.69, 9.17) is 4.42 Å². The minimum atomic E-state index is -0.190. The average molecular weight is 154 g/mol. The summed E-state index contributed by atoms with van der Waals surface area (Å²) >= 11 is 0. The van der Waals surface area contributed by atoms with Gasteiger partial charge in [0.25, 0.3) is 5.89 Å². The number of hydrogen-bond acceptors (Lipinski definition) is 4.